The molecule has 8 heteroatoms. The first-order chi connectivity index (χ1) is 22.0. The van der Waals surface area contributed by atoms with Crippen LogP contribution in [0.15, 0.2) is 109 Å². The van der Waals surface area contributed by atoms with Gasteiger partial charge in [0.05, 0.1) is 0 Å². The van der Waals surface area contributed by atoms with Gasteiger partial charge in [-0.2, -0.15) is 0 Å². The van der Waals surface area contributed by atoms with Crippen molar-refractivity contribution in [1.82, 2.24) is 0 Å². The molecule has 0 bridgehead atoms. The first-order valence-corrected chi connectivity index (χ1v) is 15.1. The van der Waals surface area contributed by atoms with Crippen molar-refractivity contribution in [2.45, 2.75) is 55.4 Å². The smallest absolute Gasteiger partial charge is 0.396 e. The predicted octanol–water partition coefficient (Wildman–Crippen LogP) is 9.94. The summed E-state index contributed by atoms with van der Waals surface area (Å²) in [6.45, 7) is 15.3. The Balaban J connectivity index is 0.00000224. The number of benzene rings is 4. The number of carbonyl (C=O) groups excluding carboxylic acids is 4. The zero-order valence-electron chi connectivity index (χ0n) is 27.4. The van der Waals surface area contributed by atoms with Gasteiger partial charge in [0, 0.05) is 22.3 Å². The zero-order chi connectivity index (χ0) is 34.0. The van der Waals surface area contributed by atoms with Gasteiger partial charge in [0.1, 0.15) is 11.5 Å². The highest BCUT2D eigenvalue weighted by Crippen LogP contribution is 2.17. The van der Waals surface area contributed by atoms with Gasteiger partial charge in [0.15, 0.2) is 11.6 Å². The van der Waals surface area contributed by atoms with Crippen molar-refractivity contribution in [2.24, 2.45) is 0 Å². The minimum atomic E-state index is -1.11. The van der Waals surface area contributed by atoms with E-state index in [4.69, 9.17) is 18.9 Å². The molecule has 4 aromatic carbocycles. The summed E-state index contributed by atoms with van der Waals surface area (Å²) in [5.74, 6) is -0.0530. The molecule has 0 radical (unpaired) electrons. The van der Waals surface area contributed by atoms with Gasteiger partial charge in [-0.3, -0.25) is 9.59 Å². The van der Waals surface area contributed by atoms with E-state index in [0.717, 1.165) is 0 Å². The van der Waals surface area contributed by atoms with E-state index in [0.29, 0.717) is 22.3 Å². The maximum Gasteiger partial charge on any atom is 0.516 e. The lowest BCUT2D eigenvalue weighted by Gasteiger charge is -2.08. The van der Waals surface area contributed by atoms with E-state index >= 15 is 0 Å². The Morgan fingerprint density at radius 1 is 0.400 bits per heavy atom. The van der Waals surface area contributed by atoms with Gasteiger partial charge in [-0.15, -0.1) is 0 Å². The lowest BCUT2D eigenvalue weighted by molar-refractivity contribution is -0.0107. The summed E-state index contributed by atoms with van der Waals surface area (Å²) in [4.78, 5) is 48.5. The SMILES string of the molecule is CC.CC.CC.CC.O=C(OCOC(=O)Oc1ccc(C(=O)c2ccccc2)cc1)Oc1ccc(C(=O)c2ccccc2)cc1. The summed E-state index contributed by atoms with van der Waals surface area (Å²) in [7, 11) is 0. The third-order valence-corrected chi connectivity index (χ3v) is 5.06. The number of ketones is 2. The highest BCUT2D eigenvalue weighted by molar-refractivity contribution is 6.09. The maximum atomic E-state index is 12.4. The van der Waals surface area contributed by atoms with E-state index in [1.54, 1.807) is 48.5 Å². The summed E-state index contributed by atoms with van der Waals surface area (Å²) in [6, 6.07) is 29.4. The fraction of sp³-hybridized carbons (Fsp3) is 0.243. The van der Waals surface area contributed by atoms with Gasteiger partial charge in [-0.25, -0.2) is 9.59 Å². The van der Waals surface area contributed by atoms with E-state index in [1.165, 1.54) is 48.5 Å². The molecule has 0 heterocycles. The average Bonchev–Trinajstić information content (AvgIpc) is 3.12. The third kappa shape index (κ3) is 14.2. The van der Waals surface area contributed by atoms with E-state index in [2.05, 4.69) is 0 Å². The Morgan fingerprint density at radius 2 is 0.667 bits per heavy atom. The molecule has 0 aliphatic heterocycles. The van der Waals surface area contributed by atoms with Crippen molar-refractivity contribution in [3.63, 3.8) is 0 Å². The van der Waals surface area contributed by atoms with Crippen LogP contribution < -0.4 is 9.47 Å². The van der Waals surface area contributed by atoms with E-state index in [9.17, 15) is 19.2 Å². The molecule has 0 unspecified atom stereocenters. The van der Waals surface area contributed by atoms with Crippen LogP contribution in [0.5, 0.6) is 11.5 Å². The lowest BCUT2D eigenvalue weighted by atomic mass is 10.0. The van der Waals surface area contributed by atoms with Gasteiger partial charge in [0.25, 0.3) is 0 Å². The molecule has 45 heavy (non-hydrogen) atoms. The van der Waals surface area contributed by atoms with Crippen molar-refractivity contribution in [1.29, 1.82) is 0 Å². The number of rotatable bonds is 8. The molecule has 0 amide bonds. The summed E-state index contributed by atoms with van der Waals surface area (Å²) in [5.41, 5.74) is 1.93. The van der Waals surface area contributed by atoms with Crippen LogP contribution in [-0.2, 0) is 9.47 Å². The van der Waals surface area contributed by atoms with Crippen molar-refractivity contribution in [3.05, 3.63) is 131 Å². The Kier molecular flexibility index (Phi) is 21.4. The second-order valence-electron chi connectivity index (χ2n) is 7.55. The van der Waals surface area contributed by atoms with Gasteiger partial charge in [-0.1, -0.05) is 116 Å². The van der Waals surface area contributed by atoms with Crippen LogP contribution in [0, 0.1) is 0 Å². The highest BCUT2D eigenvalue weighted by atomic mass is 16.8. The standard InChI is InChI=1S/C29H20O8.4C2H6/c30-26(20-7-3-1-4-8-20)22-11-15-24(16-12-22)36-28(32)34-19-35-29(33)37-25-17-13-23(14-18-25)27(31)21-9-5-2-6-10-21;4*1-2/h1-18H,19H2;4*1-2H3. The molecule has 4 aromatic rings. The quantitative estimate of drug-likeness (QED) is 0.0833. The van der Waals surface area contributed by atoms with Crippen LogP contribution in [0.25, 0.3) is 0 Å². The molecular formula is C37H44O8. The number of hydrogen-bond donors (Lipinski definition) is 0. The van der Waals surface area contributed by atoms with E-state index < -0.39 is 19.1 Å². The molecule has 0 saturated carbocycles. The summed E-state index contributed by atoms with van der Waals surface area (Å²) < 4.78 is 19.4. The van der Waals surface area contributed by atoms with Gasteiger partial charge < -0.3 is 18.9 Å². The van der Waals surface area contributed by atoms with Crippen molar-refractivity contribution < 1.29 is 38.1 Å². The number of hydrogen-bond acceptors (Lipinski definition) is 8. The molecule has 0 atom stereocenters. The van der Waals surface area contributed by atoms with E-state index in [-0.39, 0.29) is 23.1 Å². The van der Waals surface area contributed by atoms with Crippen molar-refractivity contribution >= 4 is 23.9 Å². The Labute approximate surface area is 266 Å². The molecule has 4 rings (SSSR count). The van der Waals surface area contributed by atoms with Crippen LogP contribution in [0.3, 0.4) is 0 Å². The first-order valence-electron chi connectivity index (χ1n) is 15.1. The summed E-state index contributed by atoms with van der Waals surface area (Å²) in [6.07, 6.45) is -2.22. The Morgan fingerprint density at radius 3 is 0.956 bits per heavy atom. The molecule has 0 aromatic heterocycles. The van der Waals surface area contributed by atoms with Gasteiger partial charge in [-0.05, 0) is 48.5 Å². The molecule has 0 spiro atoms. The Hall–Kier alpha value is -5.24. The molecule has 0 aliphatic rings. The summed E-state index contributed by atoms with van der Waals surface area (Å²) in [5, 5.41) is 0. The van der Waals surface area contributed by atoms with Crippen LogP contribution in [-0.4, -0.2) is 30.7 Å². The molecule has 0 aliphatic carbocycles. The first kappa shape index (κ1) is 39.8. The molecule has 240 valence electrons. The van der Waals surface area contributed by atoms with E-state index in [1.807, 2.05) is 67.5 Å². The fourth-order valence-electron chi connectivity index (χ4n) is 3.24. The second-order valence-corrected chi connectivity index (χ2v) is 7.55. The number of carbonyl (C=O) groups is 4. The molecule has 8 nitrogen and oxygen atoms in total. The van der Waals surface area contributed by atoms with Gasteiger partial charge >= 0.3 is 12.3 Å². The van der Waals surface area contributed by atoms with Crippen LogP contribution >= 0.6 is 0 Å². The zero-order valence-corrected chi connectivity index (χ0v) is 27.4. The highest BCUT2D eigenvalue weighted by Gasteiger charge is 2.13. The maximum absolute atomic E-state index is 12.4. The predicted molar refractivity (Wildman–Crippen MR) is 177 cm³/mol. The topological polar surface area (TPSA) is 105 Å². The number of ether oxygens (including phenoxy) is 4. The lowest BCUT2D eigenvalue weighted by Crippen LogP contribution is -2.18. The Bertz CT molecular complexity index is 1270. The summed E-state index contributed by atoms with van der Waals surface area (Å²) >= 11 is 0. The van der Waals surface area contributed by atoms with Gasteiger partial charge in [0.2, 0.25) is 6.79 Å². The average molecular weight is 617 g/mol. The minimum absolute atomic E-state index is 0.141. The molecular weight excluding hydrogens is 572 g/mol. The second kappa shape index (κ2) is 24.2. The third-order valence-electron chi connectivity index (χ3n) is 5.06. The van der Waals surface area contributed by atoms with Crippen molar-refractivity contribution in [3.8, 4) is 11.5 Å². The van der Waals surface area contributed by atoms with Crippen LogP contribution in [0.4, 0.5) is 9.59 Å². The monoisotopic (exact) mass is 616 g/mol. The van der Waals surface area contributed by atoms with Crippen LogP contribution in [0.2, 0.25) is 0 Å². The van der Waals surface area contributed by atoms with Crippen LogP contribution in [0.1, 0.15) is 87.2 Å². The normalized spacial score (nSPS) is 8.89. The molecule has 0 N–H and O–H groups in total. The largest absolute Gasteiger partial charge is 0.516 e. The minimum Gasteiger partial charge on any atom is -0.396 e. The van der Waals surface area contributed by atoms with Crippen molar-refractivity contribution in [2.75, 3.05) is 6.79 Å². The fourth-order valence-corrected chi connectivity index (χ4v) is 3.24. The molecule has 0 fully saturated rings. The molecule has 0 saturated heterocycles.